The number of carbonyl (C=O) groups excluding carboxylic acids is 1. The lowest BCUT2D eigenvalue weighted by atomic mass is 9.99. The van der Waals surface area contributed by atoms with E-state index in [2.05, 4.69) is 25.8 Å². The molecule has 0 amide bonds. The molecule has 182 valence electrons. The van der Waals surface area contributed by atoms with Gasteiger partial charge in [-0.05, 0) is 56.5 Å². The first-order valence-corrected chi connectivity index (χ1v) is 11.8. The molecular formula is C29H33N3O3. The largest absolute Gasteiger partial charge is 0.493 e. The average Bonchev–Trinajstić information content (AvgIpc) is 3.25. The third-order valence-electron chi connectivity index (χ3n) is 5.83. The van der Waals surface area contributed by atoms with Crippen LogP contribution in [0.3, 0.4) is 0 Å². The summed E-state index contributed by atoms with van der Waals surface area (Å²) in [6.07, 6.45) is 1.79. The Hall–Kier alpha value is -3.51. The van der Waals surface area contributed by atoms with E-state index < -0.39 is 5.60 Å². The molecule has 0 N–H and O–H groups in total. The molecule has 0 atom stereocenters. The van der Waals surface area contributed by atoms with E-state index in [1.54, 1.807) is 20.0 Å². The highest BCUT2D eigenvalue weighted by molar-refractivity contribution is 5.87. The number of pyridine rings is 1. The van der Waals surface area contributed by atoms with Crippen molar-refractivity contribution in [1.82, 2.24) is 14.8 Å². The van der Waals surface area contributed by atoms with Gasteiger partial charge in [0.2, 0.25) is 0 Å². The van der Waals surface area contributed by atoms with Gasteiger partial charge in [-0.3, -0.25) is 9.78 Å². The molecule has 0 unspecified atom stereocenters. The lowest BCUT2D eigenvalue weighted by Crippen LogP contribution is -2.32. The van der Waals surface area contributed by atoms with E-state index in [-0.39, 0.29) is 17.8 Å². The van der Waals surface area contributed by atoms with E-state index in [9.17, 15) is 4.79 Å². The summed E-state index contributed by atoms with van der Waals surface area (Å²) in [4.78, 5) is 16.6. The standard InChI is InChI=1S/C29H33N3O3/c1-20(33)29(5,6)35-18-23-17-26(22-11-7-13-24(16-22)34-19-28(2,3)4)32(31-23)25-14-8-10-21-12-9-15-30-27(21)25/h7-17H,18-19H2,1-6H3. The van der Waals surface area contributed by atoms with Gasteiger partial charge in [0, 0.05) is 17.1 Å². The van der Waals surface area contributed by atoms with E-state index in [4.69, 9.17) is 14.6 Å². The fourth-order valence-electron chi connectivity index (χ4n) is 3.55. The van der Waals surface area contributed by atoms with E-state index in [0.29, 0.717) is 6.61 Å². The van der Waals surface area contributed by atoms with Crippen molar-refractivity contribution >= 4 is 16.7 Å². The highest BCUT2D eigenvalue weighted by atomic mass is 16.5. The van der Waals surface area contributed by atoms with Crippen LogP contribution < -0.4 is 4.74 Å². The molecule has 0 saturated heterocycles. The number of fused-ring (bicyclic) bond motifs is 1. The maximum absolute atomic E-state index is 11.9. The minimum absolute atomic E-state index is 0.0286. The van der Waals surface area contributed by atoms with E-state index >= 15 is 0 Å². The number of aromatic nitrogens is 3. The summed E-state index contributed by atoms with van der Waals surface area (Å²) in [5.41, 5.74) is 3.49. The molecule has 0 fully saturated rings. The Balaban J connectivity index is 1.78. The smallest absolute Gasteiger partial charge is 0.161 e. The Bertz CT molecular complexity index is 1340. The minimum Gasteiger partial charge on any atom is -0.493 e. The molecule has 6 nitrogen and oxygen atoms in total. The van der Waals surface area contributed by atoms with Gasteiger partial charge in [-0.15, -0.1) is 0 Å². The van der Waals surface area contributed by atoms with Crippen LogP contribution in [0, 0.1) is 5.41 Å². The molecule has 0 saturated carbocycles. The van der Waals surface area contributed by atoms with Crippen LogP contribution in [0.5, 0.6) is 5.75 Å². The van der Waals surface area contributed by atoms with Crippen molar-refractivity contribution in [3.8, 4) is 22.7 Å². The first-order valence-electron chi connectivity index (χ1n) is 11.8. The normalized spacial score (nSPS) is 12.2. The van der Waals surface area contributed by atoms with Gasteiger partial charge in [-0.25, -0.2) is 4.68 Å². The number of Topliss-reactive ketones (excluding diaryl/α,β-unsaturated/α-hetero) is 1. The third kappa shape index (κ3) is 5.77. The summed E-state index contributed by atoms with van der Waals surface area (Å²) >= 11 is 0. The SMILES string of the molecule is CC(=O)C(C)(C)OCc1cc(-c2cccc(OCC(C)(C)C)c2)n(-c2cccc3cccnc23)n1. The monoisotopic (exact) mass is 471 g/mol. The number of ether oxygens (including phenoxy) is 2. The van der Waals surface area contributed by atoms with Crippen LogP contribution in [0.4, 0.5) is 0 Å². The fraction of sp³-hybridized carbons (Fsp3) is 0.345. The third-order valence-corrected chi connectivity index (χ3v) is 5.83. The number of benzene rings is 2. The zero-order chi connectivity index (χ0) is 25.2. The average molecular weight is 472 g/mol. The Kier molecular flexibility index (Phi) is 6.77. The quantitative estimate of drug-likeness (QED) is 0.298. The van der Waals surface area contributed by atoms with Crippen LogP contribution in [-0.2, 0) is 16.1 Å². The second kappa shape index (κ2) is 9.62. The Labute approximate surface area is 206 Å². The van der Waals surface area contributed by atoms with Crippen LogP contribution >= 0.6 is 0 Å². The Morgan fingerprint density at radius 1 is 0.971 bits per heavy atom. The molecule has 2 heterocycles. The molecular weight excluding hydrogens is 438 g/mol. The molecule has 0 aliphatic carbocycles. The highest BCUT2D eigenvalue weighted by Crippen LogP contribution is 2.31. The second-order valence-corrected chi connectivity index (χ2v) is 10.5. The van der Waals surface area contributed by atoms with Crippen LogP contribution in [0.2, 0.25) is 0 Å². The first kappa shape index (κ1) is 24.6. The van der Waals surface area contributed by atoms with Crippen LogP contribution in [-0.4, -0.2) is 32.8 Å². The van der Waals surface area contributed by atoms with Crippen LogP contribution in [0.15, 0.2) is 66.9 Å². The van der Waals surface area contributed by atoms with Crippen LogP contribution in [0.25, 0.3) is 27.8 Å². The van der Waals surface area contributed by atoms with E-state index in [1.165, 1.54) is 6.92 Å². The van der Waals surface area contributed by atoms with Gasteiger partial charge in [0.05, 0.1) is 35.8 Å². The number of hydrogen-bond donors (Lipinski definition) is 0. The van der Waals surface area contributed by atoms with Crippen molar-refractivity contribution in [3.63, 3.8) is 0 Å². The predicted octanol–water partition coefficient (Wildman–Crippen LogP) is 6.40. The number of nitrogens with zero attached hydrogens (tertiary/aromatic N) is 3. The van der Waals surface area contributed by atoms with Gasteiger partial charge < -0.3 is 9.47 Å². The van der Waals surface area contributed by atoms with Crippen molar-refractivity contribution < 1.29 is 14.3 Å². The first-order chi connectivity index (χ1) is 16.5. The molecule has 4 aromatic rings. The number of ketones is 1. The van der Waals surface area contributed by atoms with Gasteiger partial charge in [-0.2, -0.15) is 5.10 Å². The van der Waals surface area contributed by atoms with Crippen molar-refractivity contribution in [2.24, 2.45) is 5.41 Å². The van der Waals surface area contributed by atoms with E-state index in [1.807, 2.05) is 65.3 Å². The van der Waals surface area contributed by atoms with Gasteiger partial charge in [-0.1, -0.05) is 51.1 Å². The lowest BCUT2D eigenvalue weighted by Gasteiger charge is -2.21. The molecule has 0 radical (unpaired) electrons. The summed E-state index contributed by atoms with van der Waals surface area (Å²) < 4.78 is 13.9. The zero-order valence-corrected chi connectivity index (χ0v) is 21.3. The summed E-state index contributed by atoms with van der Waals surface area (Å²) in [6, 6.07) is 20.0. The number of carbonyl (C=O) groups is 1. The number of rotatable bonds is 8. The van der Waals surface area contributed by atoms with Crippen molar-refractivity contribution in [2.75, 3.05) is 6.61 Å². The molecule has 0 bridgehead atoms. The molecule has 4 rings (SSSR count). The molecule has 0 spiro atoms. The fourth-order valence-corrected chi connectivity index (χ4v) is 3.55. The second-order valence-electron chi connectivity index (χ2n) is 10.5. The maximum Gasteiger partial charge on any atom is 0.161 e. The molecule has 35 heavy (non-hydrogen) atoms. The predicted molar refractivity (Wildman–Crippen MR) is 139 cm³/mol. The summed E-state index contributed by atoms with van der Waals surface area (Å²) in [5, 5.41) is 5.92. The minimum atomic E-state index is -0.883. The van der Waals surface area contributed by atoms with Gasteiger partial charge in [0.1, 0.15) is 11.4 Å². The van der Waals surface area contributed by atoms with Crippen molar-refractivity contribution in [1.29, 1.82) is 0 Å². The zero-order valence-electron chi connectivity index (χ0n) is 21.3. The number of hydrogen-bond acceptors (Lipinski definition) is 5. The molecule has 2 aromatic heterocycles. The number of para-hydroxylation sites is 1. The van der Waals surface area contributed by atoms with Gasteiger partial charge in [0.25, 0.3) is 0 Å². The summed E-state index contributed by atoms with van der Waals surface area (Å²) in [6.45, 7) is 12.4. The Morgan fingerprint density at radius 2 is 1.71 bits per heavy atom. The maximum atomic E-state index is 11.9. The van der Waals surface area contributed by atoms with Gasteiger partial charge in [0.15, 0.2) is 5.78 Å². The summed E-state index contributed by atoms with van der Waals surface area (Å²) in [7, 11) is 0. The highest BCUT2D eigenvalue weighted by Gasteiger charge is 2.25. The van der Waals surface area contributed by atoms with Crippen LogP contribution in [0.1, 0.15) is 47.2 Å². The Morgan fingerprint density at radius 3 is 2.46 bits per heavy atom. The lowest BCUT2D eigenvalue weighted by molar-refractivity contribution is -0.139. The molecule has 0 aliphatic heterocycles. The molecule has 0 aliphatic rings. The topological polar surface area (TPSA) is 66.2 Å². The molecule has 6 heteroatoms. The van der Waals surface area contributed by atoms with Gasteiger partial charge >= 0.3 is 0 Å². The molecule has 2 aromatic carbocycles. The van der Waals surface area contributed by atoms with Crippen molar-refractivity contribution in [2.45, 2.75) is 53.8 Å². The summed E-state index contributed by atoms with van der Waals surface area (Å²) in [5.74, 6) is 0.774. The van der Waals surface area contributed by atoms with E-state index in [0.717, 1.165) is 39.3 Å². The van der Waals surface area contributed by atoms with Crippen molar-refractivity contribution in [3.05, 3.63) is 72.6 Å².